The number of likely N-dealkylation sites (N-methyl/N-ethyl adjacent to an activating group) is 1. The minimum atomic E-state index is 0.284. The highest BCUT2D eigenvalue weighted by Gasteiger charge is 2.10. The minimum absolute atomic E-state index is 0.284. The molecular weight excluding hydrogens is 210 g/mol. The number of nitrogens with one attached hydrogen (secondary N) is 1. The van der Waals surface area contributed by atoms with Crippen LogP contribution in [-0.4, -0.2) is 34.0 Å². The van der Waals surface area contributed by atoms with Crippen LogP contribution in [-0.2, 0) is 9.47 Å². The Morgan fingerprint density at radius 3 is 2.80 bits per heavy atom. The molecular formula is C11H19NO2S. The maximum absolute atomic E-state index is 5.51. The Morgan fingerprint density at radius 1 is 1.47 bits per heavy atom. The van der Waals surface area contributed by atoms with E-state index in [0.29, 0.717) is 19.8 Å². The van der Waals surface area contributed by atoms with Crippen LogP contribution in [0.3, 0.4) is 0 Å². The fourth-order valence-corrected chi connectivity index (χ4v) is 2.09. The smallest absolute Gasteiger partial charge is 0.0701 e. The monoisotopic (exact) mass is 229 g/mol. The second kappa shape index (κ2) is 6.95. The summed E-state index contributed by atoms with van der Waals surface area (Å²) in [5, 5.41) is 5.43. The Morgan fingerprint density at radius 2 is 2.27 bits per heavy atom. The Kier molecular flexibility index (Phi) is 5.86. The highest BCUT2D eigenvalue weighted by atomic mass is 32.1. The summed E-state index contributed by atoms with van der Waals surface area (Å²) in [6.07, 6.45) is 0. The van der Waals surface area contributed by atoms with Gasteiger partial charge < -0.3 is 14.8 Å². The van der Waals surface area contributed by atoms with Gasteiger partial charge in [-0.3, -0.25) is 0 Å². The maximum atomic E-state index is 5.51. The SMILES string of the molecule is CNC(COCCOC)c1csc(C)c1. The lowest BCUT2D eigenvalue weighted by atomic mass is 10.1. The molecule has 0 aliphatic carbocycles. The lowest BCUT2D eigenvalue weighted by Gasteiger charge is -2.14. The van der Waals surface area contributed by atoms with Gasteiger partial charge in [-0.15, -0.1) is 11.3 Å². The van der Waals surface area contributed by atoms with Crippen LogP contribution in [0.1, 0.15) is 16.5 Å². The van der Waals surface area contributed by atoms with Gasteiger partial charge in [0.25, 0.3) is 0 Å². The van der Waals surface area contributed by atoms with Crippen molar-refractivity contribution in [3.8, 4) is 0 Å². The molecule has 1 N–H and O–H groups in total. The van der Waals surface area contributed by atoms with Crippen LogP contribution < -0.4 is 5.32 Å². The molecule has 1 rings (SSSR count). The van der Waals surface area contributed by atoms with Gasteiger partial charge in [0.15, 0.2) is 0 Å². The van der Waals surface area contributed by atoms with Crippen LogP contribution in [0, 0.1) is 6.92 Å². The van der Waals surface area contributed by atoms with Gasteiger partial charge >= 0.3 is 0 Å². The largest absolute Gasteiger partial charge is 0.382 e. The van der Waals surface area contributed by atoms with Gasteiger partial charge in [-0.1, -0.05) is 0 Å². The molecule has 0 radical (unpaired) electrons. The third-order valence-corrected chi connectivity index (χ3v) is 3.10. The zero-order valence-electron chi connectivity index (χ0n) is 9.58. The zero-order chi connectivity index (χ0) is 11.1. The predicted molar refractivity (Wildman–Crippen MR) is 63.6 cm³/mol. The summed E-state index contributed by atoms with van der Waals surface area (Å²) in [5.74, 6) is 0. The molecule has 0 fully saturated rings. The van der Waals surface area contributed by atoms with Crippen LogP contribution >= 0.6 is 11.3 Å². The van der Waals surface area contributed by atoms with Crippen molar-refractivity contribution in [3.05, 3.63) is 21.9 Å². The molecule has 0 bridgehead atoms. The van der Waals surface area contributed by atoms with Crippen molar-refractivity contribution in [2.75, 3.05) is 34.0 Å². The fourth-order valence-electron chi connectivity index (χ4n) is 1.34. The summed E-state index contributed by atoms with van der Waals surface area (Å²) < 4.78 is 10.4. The highest BCUT2D eigenvalue weighted by Crippen LogP contribution is 2.20. The molecule has 15 heavy (non-hydrogen) atoms. The molecule has 1 aromatic heterocycles. The molecule has 0 aromatic carbocycles. The van der Waals surface area contributed by atoms with Crippen LogP contribution in [0.15, 0.2) is 11.4 Å². The van der Waals surface area contributed by atoms with E-state index in [0.717, 1.165) is 0 Å². The first-order valence-electron chi connectivity index (χ1n) is 5.07. The highest BCUT2D eigenvalue weighted by molar-refractivity contribution is 7.10. The average molecular weight is 229 g/mol. The molecule has 3 nitrogen and oxygen atoms in total. The first-order chi connectivity index (χ1) is 7.27. The van der Waals surface area contributed by atoms with E-state index in [4.69, 9.17) is 9.47 Å². The van der Waals surface area contributed by atoms with Gasteiger partial charge in [0.1, 0.15) is 0 Å². The molecule has 0 spiro atoms. The van der Waals surface area contributed by atoms with E-state index in [1.807, 2.05) is 7.05 Å². The number of methoxy groups -OCH3 is 1. The van der Waals surface area contributed by atoms with Gasteiger partial charge in [0.05, 0.1) is 25.9 Å². The number of thiophene rings is 1. The summed E-state index contributed by atoms with van der Waals surface area (Å²) >= 11 is 1.77. The molecule has 0 amide bonds. The zero-order valence-corrected chi connectivity index (χ0v) is 10.4. The van der Waals surface area contributed by atoms with Crippen LogP contribution in [0.25, 0.3) is 0 Å². The molecule has 86 valence electrons. The Labute approximate surface area is 95.4 Å². The third-order valence-electron chi connectivity index (χ3n) is 2.22. The average Bonchev–Trinajstić information content (AvgIpc) is 2.65. The number of rotatable bonds is 7. The van der Waals surface area contributed by atoms with E-state index >= 15 is 0 Å². The van der Waals surface area contributed by atoms with E-state index in [2.05, 4.69) is 23.7 Å². The van der Waals surface area contributed by atoms with E-state index in [1.165, 1.54) is 10.4 Å². The molecule has 0 aliphatic rings. The topological polar surface area (TPSA) is 30.5 Å². The summed E-state index contributed by atoms with van der Waals surface area (Å²) in [6, 6.07) is 2.48. The molecule has 0 saturated heterocycles. The molecule has 1 unspecified atom stereocenters. The molecule has 0 aliphatic heterocycles. The number of aryl methyl sites for hydroxylation is 1. The molecule has 1 atom stereocenters. The summed E-state index contributed by atoms with van der Waals surface area (Å²) in [6.45, 7) is 4.11. The van der Waals surface area contributed by atoms with Crippen molar-refractivity contribution >= 4 is 11.3 Å². The second-order valence-corrected chi connectivity index (χ2v) is 4.52. The van der Waals surface area contributed by atoms with Gasteiger partial charge in [0.2, 0.25) is 0 Å². The van der Waals surface area contributed by atoms with Crippen LogP contribution in [0.2, 0.25) is 0 Å². The lowest BCUT2D eigenvalue weighted by molar-refractivity contribution is 0.0597. The Bertz CT molecular complexity index is 275. The van der Waals surface area contributed by atoms with Crippen molar-refractivity contribution in [3.63, 3.8) is 0 Å². The van der Waals surface area contributed by atoms with E-state index in [-0.39, 0.29) is 6.04 Å². The van der Waals surface area contributed by atoms with Gasteiger partial charge in [-0.05, 0) is 31.0 Å². The van der Waals surface area contributed by atoms with Crippen molar-refractivity contribution in [2.45, 2.75) is 13.0 Å². The Balaban J connectivity index is 2.35. The van der Waals surface area contributed by atoms with E-state index in [9.17, 15) is 0 Å². The summed E-state index contributed by atoms with van der Waals surface area (Å²) in [4.78, 5) is 1.34. The maximum Gasteiger partial charge on any atom is 0.0701 e. The number of hydrogen-bond donors (Lipinski definition) is 1. The van der Waals surface area contributed by atoms with Crippen LogP contribution in [0.4, 0.5) is 0 Å². The quantitative estimate of drug-likeness (QED) is 0.725. The standard InChI is InChI=1S/C11H19NO2S/c1-9-6-10(8-15-9)11(12-2)7-14-5-4-13-3/h6,8,11-12H,4-5,7H2,1-3H3. The first kappa shape index (κ1) is 12.6. The summed E-state index contributed by atoms with van der Waals surface area (Å²) in [5.41, 5.74) is 1.30. The normalized spacial score (nSPS) is 13.0. The van der Waals surface area contributed by atoms with E-state index in [1.54, 1.807) is 18.4 Å². The predicted octanol–water partition coefficient (Wildman–Crippen LogP) is 1.98. The van der Waals surface area contributed by atoms with Crippen molar-refractivity contribution < 1.29 is 9.47 Å². The number of hydrogen-bond acceptors (Lipinski definition) is 4. The van der Waals surface area contributed by atoms with Gasteiger partial charge in [-0.25, -0.2) is 0 Å². The third kappa shape index (κ3) is 4.30. The van der Waals surface area contributed by atoms with Crippen molar-refractivity contribution in [2.24, 2.45) is 0 Å². The van der Waals surface area contributed by atoms with Gasteiger partial charge in [-0.2, -0.15) is 0 Å². The molecule has 0 saturated carbocycles. The van der Waals surface area contributed by atoms with Gasteiger partial charge in [0, 0.05) is 12.0 Å². The fraction of sp³-hybridized carbons (Fsp3) is 0.636. The minimum Gasteiger partial charge on any atom is -0.382 e. The molecule has 1 heterocycles. The Hall–Kier alpha value is -0.420. The molecule has 4 heteroatoms. The van der Waals surface area contributed by atoms with Crippen LogP contribution in [0.5, 0.6) is 0 Å². The molecule has 1 aromatic rings. The van der Waals surface area contributed by atoms with E-state index < -0.39 is 0 Å². The van der Waals surface area contributed by atoms with Crippen molar-refractivity contribution in [1.82, 2.24) is 5.32 Å². The number of ether oxygens (including phenoxy) is 2. The summed E-state index contributed by atoms with van der Waals surface area (Å²) in [7, 11) is 3.64. The second-order valence-electron chi connectivity index (χ2n) is 3.40. The van der Waals surface area contributed by atoms with Crippen molar-refractivity contribution in [1.29, 1.82) is 0 Å². The first-order valence-corrected chi connectivity index (χ1v) is 5.95. The lowest BCUT2D eigenvalue weighted by Crippen LogP contribution is -2.22.